The third-order valence-electron chi connectivity index (χ3n) is 3.63. The van der Waals surface area contributed by atoms with Crippen LogP contribution in [0.1, 0.15) is 6.42 Å². The Labute approximate surface area is 134 Å². The monoisotopic (exact) mass is 328 g/mol. The number of halogens is 2. The molecule has 0 aromatic heterocycles. The lowest BCUT2D eigenvalue weighted by atomic mass is 10.1. The second-order valence-electron chi connectivity index (χ2n) is 5.75. The van der Waals surface area contributed by atoms with Crippen LogP contribution in [0, 0.1) is 11.7 Å². The molecule has 1 atom stereocenters. The van der Waals surface area contributed by atoms with E-state index in [0.717, 1.165) is 6.54 Å². The number of anilines is 1. The SMILES string of the molecule is C[NH+](C)CCNC(=O)C1CC(=O)N(c2ccc(F)c(Cl)c2)C1. The summed E-state index contributed by atoms with van der Waals surface area (Å²) < 4.78 is 13.2. The Morgan fingerprint density at radius 1 is 1.50 bits per heavy atom. The van der Waals surface area contributed by atoms with Crippen LogP contribution in [0.25, 0.3) is 0 Å². The quantitative estimate of drug-likeness (QED) is 0.805. The van der Waals surface area contributed by atoms with Gasteiger partial charge < -0.3 is 15.1 Å². The number of hydrogen-bond donors (Lipinski definition) is 2. The van der Waals surface area contributed by atoms with E-state index in [4.69, 9.17) is 11.6 Å². The molecule has 5 nitrogen and oxygen atoms in total. The topological polar surface area (TPSA) is 53.9 Å². The van der Waals surface area contributed by atoms with E-state index in [1.54, 1.807) is 0 Å². The molecule has 7 heteroatoms. The highest BCUT2D eigenvalue weighted by Gasteiger charge is 2.35. The normalized spacial score (nSPS) is 18.1. The van der Waals surface area contributed by atoms with Gasteiger partial charge in [0.2, 0.25) is 11.8 Å². The summed E-state index contributed by atoms with van der Waals surface area (Å²) in [5.41, 5.74) is 0.518. The van der Waals surface area contributed by atoms with Gasteiger partial charge in [-0.25, -0.2) is 4.39 Å². The minimum Gasteiger partial charge on any atom is -0.350 e. The summed E-state index contributed by atoms with van der Waals surface area (Å²) in [7, 11) is 4.01. The number of hydrogen-bond acceptors (Lipinski definition) is 2. The van der Waals surface area contributed by atoms with Crippen molar-refractivity contribution in [3.8, 4) is 0 Å². The van der Waals surface area contributed by atoms with Crippen LogP contribution in [-0.4, -0.2) is 45.5 Å². The lowest BCUT2D eigenvalue weighted by molar-refractivity contribution is -0.856. The molecule has 2 rings (SSSR count). The Balaban J connectivity index is 1.98. The molecule has 1 aromatic carbocycles. The number of carbonyl (C=O) groups is 2. The standard InChI is InChI=1S/C15H19ClFN3O2/c1-19(2)6-5-18-15(22)10-7-14(21)20(9-10)11-3-4-13(17)12(16)8-11/h3-4,8,10H,5-7,9H2,1-2H3,(H,18,22)/p+1. The van der Waals surface area contributed by atoms with Crippen LogP contribution in [0.3, 0.4) is 0 Å². The first-order chi connectivity index (χ1) is 10.4. The van der Waals surface area contributed by atoms with Crippen molar-refractivity contribution in [1.82, 2.24) is 5.32 Å². The van der Waals surface area contributed by atoms with E-state index in [-0.39, 0.29) is 29.2 Å². The van der Waals surface area contributed by atoms with Crippen molar-refractivity contribution in [2.45, 2.75) is 6.42 Å². The predicted octanol–water partition coefficient (Wildman–Crippen LogP) is 0.0927. The zero-order chi connectivity index (χ0) is 16.3. The van der Waals surface area contributed by atoms with Crippen molar-refractivity contribution in [2.75, 3.05) is 38.6 Å². The molecule has 1 saturated heterocycles. The molecule has 2 N–H and O–H groups in total. The Morgan fingerprint density at radius 3 is 2.86 bits per heavy atom. The van der Waals surface area contributed by atoms with Crippen molar-refractivity contribution in [1.29, 1.82) is 0 Å². The average Bonchev–Trinajstić information content (AvgIpc) is 2.83. The molecule has 0 bridgehead atoms. The van der Waals surface area contributed by atoms with Crippen LogP contribution < -0.4 is 15.1 Å². The highest BCUT2D eigenvalue weighted by Crippen LogP contribution is 2.28. The van der Waals surface area contributed by atoms with Gasteiger partial charge >= 0.3 is 0 Å². The van der Waals surface area contributed by atoms with Crippen molar-refractivity contribution >= 4 is 29.1 Å². The van der Waals surface area contributed by atoms with E-state index < -0.39 is 5.82 Å². The Hall–Kier alpha value is -1.66. The summed E-state index contributed by atoms with van der Waals surface area (Å²) in [6.45, 7) is 1.69. The molecule has 1 fully saturated rings. The third-order valence-corrected chi connectivity index (χ3v) is 3.92. The van der Waals surface area contributed by atoms with E-state index in [0.29, 0.717) is 18.8 Å². The van der Waals surface area contributed by atoms with Crippen molar-refractivity contribution < 1.29 is 18.9 Å². The maximum absolute atomic E-state index is 13.2. The van der Waals surface area contributed by atoms with Gasteiger partial charge in [0.1, 0.15) is 5.82 Å². The number of nitrogens with zero attached hydrogens (tertiary/aromatic N) is 1. The number of likely N-dealkylation sites (N-methyl/N-ethyl adjacent to an activating group) is 1. The minimum absolute atomic E-state index is 0.0350. The number of quaternary nitrogens is 1. The van der Waals surface area contributed by atoms with Crippen LogP contribution in [0.4, 0.5) is 10.1 Å². The molecule has 0 spiro atoms. The van der Waals surface area contributed by atoms with Gasteiger partial charge in [-0.1, -0.05) is 11.6 Å². The number of amides is 2. The lowest BCUT2D eigenvalue weighted by Gasteiger charge is -2.17. The number of benzene rings is 1. The zero-order valence-corrected chi connectivity index (χ0v) is 13.4. The second-order valence-corrected chi connectivity index (χ2v) is 6.16. The molecule has 1 unspecified atom stereocenters. The average molecular weight is 329 g/mol. The van der Waals surface area contributed by atoms with Gasteiger partial charge in [0, 0.05) is 18.7 Å². The predicted molar refractivity (Wildman–Crippen MR) is 82.6 cm³/mol. The van der Waals surface area contributed by atoms with Crippen molar-refractivity contribution in [2.24, 2.45) is 5.92 Å². The van der Waals surface area contributed by atoms with Gasteiger partial charge in [-0.3, -0.25) is 9.59 Å². The highest BCUT2D eigenvalue weighted by atomic mass is 35.5. The van der Waals surface area contributed by atoms with Crippen molar-refractivity contribution in [3.63, 3.8) is 0 Å². The molecule has 0 saturated carbocycles. The first kappa shape index (κ1) is 16.7. The molecule has 0 aliphatic carbocycles. The van der Waals surface area contributed by atoms with E-state index in [9.17, 15) is 14.0 Å². The van der Waals surface area contributed by atoms with Gasteiger partial charge in [-0.05, 0) is 18.2 Å². The zero-order valence-electron chi connectivity index (χ0n) is 12.7. The molecule has 0 radical (unpaired) electrons. The Morgan fingerprint density at radius 2 is 2.23 bits per heavy atom. The van der Waals surface area contributed by atoms with E-state index >= 15 is 0 Å². The molecular weight excluding hydrogens is 309 g/mol. The molecule has 1 heterocycles. The summed E-state index contributed by atoms with van der Waals surface area (Å²) in [6, 6.07) is 4.12. The molecule has 1 aromatic rings. The van der Waals surface area contributed by atoms with Crippen LogP contribution in [0.5, 0.6) is 0 Å². The fraction of sp³-hybridized carbons (Fsp3) is 0.467. The number of nitrogens with one attached hydrogen (secondary N) is 2. The van der Waals surface area contributed by atoms with Crippen molar-refractivity contribution in [3.05, 3.63) is 29.0 Å². The lowest BCUT2D eigenvalue weighted by Crippen LogP contribution is -3.06. The third kappa shape index (κ3) is 3.96. The summed E-state index contributed by atoms with van der Waals surface area (Å²) in [6.07, 6.45) is 0.162. The first-order valence-corrected chi connectivity index (χ1v) is 7.58. The van der Waals surface area contributed by atoms with Gasteiger partial charge in [0.15, 0.2) is 0 Å². The van der Waals surface area contributed by atoms with E-state index in [1.165, 1.54) is 28.0 Å². The highest BCUT2D eigenvalue weighted by molar-refractivity contribution is 6.31. The number of carbonyl (C=O) groups excluding carboxylic acids is 2. The summed E-state index contributed by atoms with van der Waals surface area (Å²) in [4.78, 5) is 26.9. The van der Waals surface area contributed by atoms with Gasteiger partial charge in [-0.2, -0.15) is 0 Å². The van der Waals surface area contributed by atoms with Gasteiger partial charge in [-0.15, -0.1) is 0 Å². The van der Waals surface area contributed by atoms with Gasteiger partial charge in [0.05, 0.1) is 38.1 Å². The van der Waals surface area contributed by atoms with Crippen LogP contribution in [0.2, 0.25) is 5.02 Å². The molecule has 22 heavy (non-hydrogen) atoms. The van der Waals surface area contributed by atoms with Crippen LogP contribution in [0.15, 0.2) is 18.2 Å². The molecule has 1 aliphatic rings. The summed E-state index contributed by atoms with van der Waals surface area (Å²) >= 11 is 5.74. The number of rotatable bonds is 5. The summed E-state index contributed by atoms with van der Waals surface area (Å²) in [5, 5.41) is 2.81. The molecular formula is C15H20ClFN3O2+. The van der Waals surface area contributed by atoms with E-state index in [2.05, 4.69) is 5.32 Å². The Kier molecular flexibility index (Phi) is 5.37. The second kappa shape index (κ2) is 7.07. The Bertz CT molecular complexity index is 580. The first-order valence-electron chi connectivity index (χ1n) is 7.20. The van der Waals surface area contributed by atoms with Crippen LogP contribution >= 0.6 is 11.6 Å². The van der Waals surface area contributed by atoms with Crippen LogP contribution in [-0.2, 0) is 9.59 Å². The minimum atomic E-state index is -0.530. The largest absolute Gasteiger partial charge is 0.350 e. The fourth-order valence-corrected chi connectivity index (χ4v) is 2.54. The fourth-order valence-electron chi connectivity index (χ4n) is 2.37. The molecule has 1 aliphatic heterocycles. The van der Waals surface area contributed by atoms with Gasteiger partial charge in [0.25, 0.3) is 0 Å². The molecule has 2 amide bonds. The maximum atomic E-state index is 13.2. The summed E-state index contributed by atoms with van der Waals surface area (Å²) in [5.74, 6) is -1.18. The maximum Gasteiger partial charge on any atom is 0.227 e. The smallest absolute Gasteiger partial charge is 0.227 e. The molecule has 120 valence electrons. The van der Waals surface area contributed by atoms with E-state index in [1.807, 2.05) is 14.1 Å².